The van der Waals surface area contributed by atoms with Gasteiger partial charge in [-0.25, -0.2) is 4.98 Å². The van der Waals surface area contributed by atoms with Gasteiger partial charge in [0.1, 0.15) is 5.82 Å². The molecular weight excluding hydrogens is 303 g/mol. The van der Waals surface area contributed by atoms with Crippen LogP contribution in [0.15, 0.2) is 42.5 Å². The van der Waals surface area contributed by atoms with Gasteiger partial charge in [0.15, 0.2) is 0 Å². The normalized spacial score (nSPS) is 12.8. The van der Waals surface area contributed by atoms with E-state index in [-0.39, 0.29) is 5.38 Å². The van der Waals surface area contributed by atoms with Crippen molar-refractivity contribution in [3.63, 3.8) is 0 Å². The van der Waals surface area contributed by atoms with Crippen molar-refractivity contribution in [2.24, 2.45) is 0 Å². The molecule has 0 N–H and O–H groups in total. The fourth-order valence-electron chi connectivity index (χ4n) is 2.50. The predicted molar refractivity (Wildman–Crippen MR) is 89.3 cm³/mol. The van der Waals surface area contributed by atoms with E-state index in [0.29, 0.717) is 11.6 Å². The number of hydrogen-bond acceptors (Lipinski definition) is 1. The van der Waals surface area contributed by atoms with Crippen molar-refractivity contribution in [1.82, 2.24) is 9.55 Å². The number of fused-ring (bicyclic) bond motifs is 1. The number of nitrogens with zero attached hydrogens (tertiary/aromatic N) is 2. The van der Waals surface area contributed by atoms with Crippen molar-refractivity contribution >= 4 is 34.2 Å². The van der Waals surface area contributed by atoms with Crippen LogP contribution in [0, 0.1) is 6.92 Å². The first-order chi connectivity index (χ1) is 10.1. The Labute approximate surface area is 134 Å². The van der Waals surface area contributed by atoms with Crippen LogP contribution in [0.1, 0.15) is 29.3 Å². The summed E-state index contributed by atoms with van der Waals surface area (Å²) in [6.45, 7) is 4.73. The summed E-state index contributed by atoms with van der Waals surface area (Å²) >= 11 is 12.7. The summed E-state index contributed by atoms with van der Waals surface area (Å²) in [6, 6.07) is 14.2. The molecule has 108 valence electrons. The standard InChI is InChI=1S/C17H16Cl2N2/c1-11-6-8-13(9-7-11)10-21-16-14(19)4-3-5-15(16)20-17(21)12(2)18/h3-9,12H,10H2,1-2H3. The van der Waals surface area contributed by atoms with E-state index >= 15 is 0 Å². The van der Waals surface area contributed by atoms with Crippen molar-refractivity contribution in [1.29, 1.82) is 0 Å². The third-order valence-electron chi connectivity index (χ3n) is 3.56. The molecule has 0 aliphatic rings. The van der Waals surface area contributed by atoms with E-state index in [9.17, 15) is 0 Å². The van der Waals surface area contributed by atoms with E-state index in [2.05, 4.69) is 40.7 Å². The molecule has 0 spiro atoms. The lowest BCUT2D eigenvalue weighted by Gasteiger charge is -2.11. The molecule has 1 heterocycles. The molecule has 0 amide bonds. The van der Waals surface area contributed by atoms with Crippen molar-refractivity contribution in [3.8, 4) is 0 Å². The second kappa shape index (κ2) is 5.70. The van der Waals surface area contributed by atoms with Gasteiger partial charge in [-0.3, -0.25) is 0 Å². The molecule has 0 bridgehead atoms. The fourth-order valence-corrected chi connectivity index (χ4v) is 2.94. The molecule has 0 aliphatic heterocycles. The van der Waals surface area contributed by atoms with Crippen LogP contribution in [0.5, 0.6) is 0 Å². The van der Waals surface area contributed by atoms with Gasteiger partial charge in [0.05, 0.1) is 21.4 Å². The molecule has 0 aliphatic carbocycles. The molecule has 21 heavy (non-hydrogen) atoms. The van der Waals surface area contributed by atoms with Crippen molar-refractivity contribution in [3.05, 3.63) is 64.4 Å². The van der Waals surface area contributed by atoms with Crippen LogP contribution >= 0.6 is 23.2 Å². The first kappa shape index (κ1) is 14.4. The zero-order valence-electron chi connectivity index (χ0n) is 12.0. The minimum atomic E-state index is -0.168. The highest BCUT2D eigenvalue weighted by Gasteiger charge is 2.17. The summed E-state index contributed by atoms with van der Waals surface area (Å²) in [7, 11) is 0. The highest BCUT2D eigenvalue weighted by Crippen LogP contribution is 2.30. The summed E-state index contributed by atoms with van der Waals surface area (Å²) in [5.41, 5.74) is 4.29. The van der Waals surface area contributed by atoms with Crippen molar-refractivity contribution in [2.75, 3.05) is 0 Å². The second-order valence-corrected chi connectivity index (χ2v) is 6.33. The Balaban J connectivity index is 2.15. The Morgan fingerprint density at radius 1 is 1.14 bits per heavy atom. The number of halogens is 2. The maximum absolute atomic E-state index is 6.37. The Hall–Kier alpha value is -1.51. The summed E-state index contributed by atoms with van der Waals surface area (Å²) in [5, 5.41) is 0.537. The summed E-state index contributed by atoms with van der Waals surface area (Å²) < 4.78 is 2.11. The zero-order valence-corrected chi connectivity index (χ0v) is 13.5. The Morgan fingerprint density at radius 2 is 1.86 bits per heavy atom. The number of para-hydroxylation sites is 1. The average molecular weight is 319 g/mol. The van der Waals surface area contributed by atoms with E-state index in [1.54, 1.807) is 0 Å². The van der Waals surface area contributed by atoms with E-state index in [1.165, 1.54) is 11.1 Å². The largest absolute Gasteiger partial charge is 0.321 e. The van der Waals surface area contributed by atoms with Gasteiger partial charge in [0.2, 0.25) is 0 Å². The third kappa shape index (κ3) is 2.78. The average Bonchev–Trinajstić information content (AvgIpc) is 2.82. The molecule has 3 aromatic rings. The number of benzene rings is 2. The number of rotatable bonds is 3. The SMILES string of the molecule is Cc1ccc(Cn2c(C(C)Cl)nc3cccc(Cl)c32)cc1. The minimum absolute atomic E-state index is 0.168. The molecule has 4 heteroatoms. The van der Waals surface area contributed by atoms with Crippen LogP contribution in [0.25, 0.3) is 11.0 Å². The quantitative estimate of drug-likeness (QED) is 0.595. The van der Waals surface area contributed by atoms with Gasteiger partial charge in [0.25, 0.3) is 0 Å². The summed E-state index contributed by atoms with van der Waals surface area (Å²) in [4.78, 5) is 4.63. The van der Waals surface area contributed by atoms with E-state index < -0.39 is 0 Å². The number of aromatic nitrogens is 2. The van der Waals surface area contributed by atoms with Gasteiger partial charge in [-0.15, -0.1) is 11.6 Å². The molecule has 0 radical (unpaired) electrons. The monoisotopic (exact) mass is 318 g/mol. The first-order valence-electron chi connectivity index (χ1n) is 6.90. The van der Waals surface area contributed by atoms with Gasteiger partial charge < -0.3 is 4.57 Å². The zero-order chi connectivity index (χ0) is 15.0. The molecule has 1 unspecified atom stereocenters. The fraction of sp³-hybridized carbons (Fsp3) is 0.235. The van der Waals surface area contributed by atoms with Gasteiger partial charge in [-0.2, -0.15) is 0 Å². The topological polar surface area (TPSA) is 17.8 Å². The van der Waals surface area contributed by atoms with E-state index in [0.717, 1.165) is 16.9 Å². The number of aryl methyl sites for hydroxylation is 1. The minimum Gasteiger partial charge on any atom is -0.321 e. The smallest absolute Gasteiger partial charge is 0.128 e. The molecule has 3 rings (SSSR count). The Bertz CT molecular complexity index is 773. The number of alkyl halides is 1. The lowest BCUT2D eigenvalue weighted by Crippen LogP contribution is -2.06. The summed E-state index contributed by atoms with van der Waals surface area (Å²) in [5.74, 6) is 0.848. The van der Waals surface area contributed by atoms with Crippen LogP contribution < -0.4 is 0 Å². The van der Waals surface area contributed by atoms with Gasteiger partial charge >= 0.3 is 0 Å². The van der Waals surface area contributed by atoms with Crippen LogP contribution in [-0.2, 0) is 6.54 Å². The van der Waals surface area contributed by atoms with Crippen molar-refractivity contribution < 1.29 is 0 Å². The molecule has 2 aromatic carbocycles. The second-order valence-electron chi connectivity index (χ2n) is 5.27. The maximum Gasteiger partial charge on any atom is 0.128 e. The number of hydrogen-bond donors (Lipinski definition) is 0. The van der Waals surface area contributed by atoms with Crippen LogP contribution in [0.4, 0.5) is 0 Å². The highest BCUT2D eigenvalue weighted by molar-refractivity contribution is 6.35. The molecular formula is C17H16Cl2N2. The first-order valence-corrected chi connectivity index (χ1v) is 7.72. The van der Waals surface area contributed by atoms with Gasteiger partial charge in [-0.05, 0) is 31.5 Å². The van der Waals surface area contributed by atoms with E-state index in [4.69, 9.17) is 23.2 Å². The third-order valence-corrected chi connectivity index (χ3v) is 4.06. The maximum atomic E-state index is 6.37. The number of imidazole rings is 1. The van der Waals surface area contributed by atoms with Crippen LogP contribution in [-0.4, -0.2) is 9.55 Å². The summed E-state index contributed by atoms with van der Waals surface area (Å²) in [6.07, 6.45) is 0. The lowest BCUT2D eigenvalue weighted by molar-refractivity contribution is 0.742. The molecule has 2 nitrogen and oxygen atoms in total. The highest BCUT2D eigenvalue weighted by atomic mass is 35.5. The molecule has 1 aromatic heterocycles. The van der Waals surface area contributed by atoms with Crippen LogP contribution in [0.2, 0.25) is 5.02 Å². The van der Waals surface area contributed by atoms with Gasteiger partial charge in [-0.1, -0.05) is 47.5 Å². The molecule has 0 saturated carbocycles. The van der Waals surface area contributed by atoms with E-state index in [1.807, 2.05) is 25.1 Å². The Morgan fingerprint density at radius 3 is 2.52 bits per heavy atom. The Kier molecular flexibility index (Phi) is 3.92. The molecule has 1 atom stereocenters. The molecule has 0 saturated heterocycles. The van der Waals surface area contributed by atoms with Gasteiger partial charge in [0, 0.05) is 6.54 Å². The predicted octanol–water partition coefficient (Wildman–Crippen LogP) is 5.35. The van der Waals surface area contributed by atoms with Crippen LogP contribution in [0.3, 0.4) is 0 Å². The molecule has 0 fully saturated rings. The lowest BCUT2D eigenvalue weighted by atomic mass is 10.1. The van der Waals surface area contributed by atoms with Crippen molar-refractivity contribution in [2.45, 2.75) is 25.8 Å².